The molecule has 2 aliphatic heterocycles. The van der Waals surface area contributed by atoms with Crippen molar-refractivity contribution in [1.29, 1.82) is 0 Å². The van der Waals surface area contributed by atoms with Gasteiger partial charge in [-0.1, -0.05) is 0 Å². The Bertz CT molecular complexity index is 836. The van der Waals surface area contributed by atoms with Crippen LogP contribution in [0.1, 0.15) is 49.1 Å². The highest BCUT2D eigenvalue weighted by Crippen LogP contribution is 2.27. The van der Waals surface area contributed by atoms with Crippen LogP contribution in [0.25, 0.3) is 0 Å². The summed E-state index contributed by atoms with van der Waals surface area (Å²) in [6.45, 7) is 6.70. The molecule has 0 bridgehead atoms. The normalized spacial score (nSPS) is 17.5. The van der Waals surface area contributed by atoms with Gasteiger partial charge in [-0.2, -0.15) is 0 Å². The number of hydrogen-bond acceptors (Lipinski definition) is 7. The van der Waals surface area contributed by atoms with E-state index in [9.17, 15) is 0 Å². The standard InChI is InChI=1S/C25H36N4O3/c1-30-25-19-28-22(17-24(25)32-12-4-11-29-9-2-3-10-29)15-20-5-8-26-23(16-20)18-27-21-6-13-31-14-7-21/h5,8,16-17,19,21,27H,2-4,6-7,9-15,18H2,1H3. The van der Waals surface area contributed by atoms with E-state index in [1.165, 1.54) is 31.5 Å². The third-order valence-corrected chi connectivity index (χ3v) is 6.24. The van der Waals surface area contributed by atoms with E-state index in [4.69, 9.17) is 14.2 Å². The van der Waals surface area contributed by atoms with Gasteiger partial charge in [0.1, 0.15) is 0 Å². The summed E-state index contributed by atoms with van der Waals surface area (Å²) in [5, 5.41) is 3.60. The van der Waals surface area contributed by atoms with Gasteiger partial charge in [0.2, 0.25) is 0 Å². The first-order valence-corrected chi connectivity index (χ1v) is 11.9. The van der Waals surface area contributed by atoms with Gasteiger partial charge in [-0.3, -0.25) is 9.97 Å². The van der Waals surface area contributed by atoms with E-state index in [0.717, 1.165) is 69.1 Å². The third kappa shape index (κ3) is 6.89. The maximum Gasteiger partial charge on any atom is 0.179 e. The summed E-state index contributed by atoms with van der Waals surface area (Å²) in [6.07, 6.45) is 10.2. The van der Waals surface area contributed by atoms with Crippen molar-refractivity contribution in [2.45, 2.75) is 51.1 Å². The minimum absolute atomic E-state index is 0.516. The zero-order chi connectivity index (χ0) is 22.0. The Balaban J connectivity index is 1.31. The Kier molecular flexibility index (Phi) is 8.71. The molecule has 4 rings (SSSR count). The highest BCUT2D eigenvalue weighted by Gasteiger charge is 2.14. The number of likely N-dealkylation sites (tertiary alicyclic amines) is 1. The van der Waals surface area contributed by atoms with E-state index >= 15 is 0 Å². The number of methoxy groups -OCH3 is 1. The number of nitrogens with one attached hydrogen (secondary N) is 1. The minimum atomic E-state index is 0.516. The van der Waals surface area contributed by atoms with Crippen LogP contribution >= 0.6 is 0 Å². The molecule has 0 unspecified atom stereocenters. The average Bonchev–Trinajstić information content (AvgIpc) is 3.35. The van der Waals surface area contributed by atoms with E-state index in [2.05, 4.69) is 32.3 Å². The van der Waals surface area contributed by atoms with Gasteiger partial charge < -0.3 is 24.4 Å². The van der Waals surface area contributed by atoms with Crippen molar-refractivity contribution < 1.29 is 14.2 Å². The summed E-state index contributed by atoms with van der Waals surface area (Å²) in [6, 6.07) is 6.74. The monoisotopic (exact) mass is 440 g/mol. The lowest BCUT2D eigenvalue weighted by molar-refractivity contribution is 0.0775. The fraction of sp³-hybridized carbons (Fsp3) is 0.600. The van der Waals surface area contributed by atoms with Crippen molar-refractivity contribution in [2.75, 3.05) is 46.6 Å². The van der Waals surface area contributed by atoms with Gasteiger partial charge in [0.15, 0.2) is 11.5 Å². The Morgan fingerprint density at radius 1 is 1.09 bits per heavy atom. The molecule has 2 aromatic heterocycles. The summed E-state index contributed by atoms with van der Waals surface area (Å²) >= 11 is 0. The van der Waals surface area contributed by atoms with E-state index in [1.807, 2.05) is 12.3 Å². The molecule has 7 nitrogen and oxygen atoms in total. The molecule has 0 saturated carbocycles. The molecule has 1 N–H and O–H groups in total. The first-order valence-electron chi connectivity index (χ1n) is 11.9. The van der Waals surface area contributed by atoms with Crippen molar-refractivity contribution in [3.63, 3.8) is 0 Å². The van der Waals surface area contributed by atoms with Crippen molar-refractivity contribution in [3.05, 3.63) is 47.5 Å². The molecule has 2 saturated heterocycles. The van der Waals surface area contributed by atoms with Gasteiger partial charge in [-0.25, -0.2) is 0 Å². The van der Waals surface area contributed by atoms with Crippen LogP contribution in [0.2, 0.25) is 0 Å². The molecular formula is C25H36N4O3. The summed E-state index contributed by atoms with van der Waals surface area (Å²) in [7, 11) is 1.66. The van der Waals surface area contributed by atoms with Crippen LogP contribution in [0.3, 0.4) is 0 Å². The molecule has 0 amide bonds. The van der Waals surface area contributed by atoms with E-state index in [-0.39, 0.29) is 0 Å². The number of aromatic nitrogens is 2. The Morgan fingerprint density at radius 2 is 1.94 bits per heavy atom. The lowest BCUT2D eigenvalue weighted by Crippen LogP contribution is -2.34. The fourth-order valence-electron chi connectivity index (χ4n) is 4.40. The fourth-order valence-corrected chi connectivity index (χ4v) is 4.40. The number of pyridine rings is 2. The van der Waals surface area contributed by atoms with Crippen LogP contribution in [-0.2, 0) is 17.7 Å². The third-order valence-electron chi connectivity index (χ3n) is 6.24. The second-order valence-electron chi connectivity index (χ2n) is 8.68. The van der Waals surface area contributed by atoms with Crippen molar-refractivity contribution in [3.8, 4) is 11.5 Å². The lowest BCUT2D eigenvalue weighted by Gasteiger charge is -2.23. The maximum atomic E-state index is 6.07. The molecule has 174 valence electrons. The number of hydrogen-bond donors (Lipinski definition) is 1. The molecule has 2 fully saturated rings. The predicted molar refractivity (Wildman–Crippen MR) is 124 cm³/mol. The maximum absolute atomic E-state index is 6.07. The molecule has 0 aromatic carbocycles. The lowest BCUT2D eigenvalue weighted by atomic mass is 10.1. The SMILES string of the molecule is COc1cnc(Cc2ccnc(CNC3CCOCC3)c2)cc1OCCCN1CCCC1. The van der Waals surface area contributed by atoms with Gasteiger partial charge in [0.05, 0.1) is 25.6 Å². The van der Waals surface area contributed by atoms with E-state index in [1.54, 1.807) is 13.3 Å². The highest BCUT2D eigenvalue weighted by atomic mass is 16.5. The van der Waals surface area contributed by atoms with Crippen molar-refractivity contribution in [1.82, 2.24) is 20.2 Å². The molecule has 0 radical (unpaired) electrons. The van der Waals surface area contributed by atoms with Crippen LogP contribution in [0.15, 0.2) is 30.6 Å². The van der Waals surface area contributed by atoms with Gasteiger partial charge in [-0.05, 0) is 62.9 Å². The summed E-state index contributed by atoms with van der Waals surface area (Å²) in [5.74, 6) is 1.46. The smallest absolute Gasteiger partial charge is 0.179 e. The molecule has 7 heteroatoms. The van der Waals surface area contributed by atoms with Gasteiger partial charge >= 0.3 is 0 Å². The van der Waals surface area contributed by atoms with Crippen LogP contribution in [-0.4, -0.2) is 67.5 Å². The van der Waals surface area contributed by atoms with Crippen LogP contribution < -0.4 is 14.8 Å². The molecule has 2 aliphatic rings. The van der Waals surface area contributed by atoms with Gasteiger partial charge in [-0.15, -0.1) is 0 Å². The number of rotatable bonds is 11. The van der Waals surface area contributed by atoms with Crippen molar-refractivity contribution in [2.24, 2.45) is 0 Å². The number of nitrogens with zero attached hydrogens (tertiary/aromatic N) is 3. The largest absolute Gasteiger partial charge is 0.491 e. The Labute approximate surface area is 191 Å². The van der Waals surface area contributed by atoms with E-state index < -0.39 is 0 Å². The number of ether oxygens (including phenoxy) is 3. The molecule has 2 aromatic rings. The first kappa shape index (κ1) is 23.0. The second kappa shape index (κ2) is 12.1. The first-order chi connectivity index (χ1) is 15.8. The summed E-state index contributed by atoms with van der Waals surface area (Å²) < 4.78 is 17.0. The van der Waals surface area contributed by atoms with Crippen LogP contribution in [0, 0.1) is 0 Å². The molecular weight excluding hydrogens is 404 g/mol. The van der Waals surface area contributed by atoms with Crippen molar-refractivity contribution >= 4 is 0 Å². The Hall–Kier alpha value is -2.22. The van der Waals surface area contributed by atoms with Gasteiger partial charge in [0, 0.05) is 56.7 Å². The topological polar surface area (TPSA) is 68.7 Å². The van der Waals surface area contributed by atoms with Crippen LogP contribution in [0.4, 0.5) is 0 Å². The summed E-state index contributed by atoms with van der Waals surface area (Å²) in [5.41, 5.74) is 3.22. The van der Waals surface area contributed by atoms with Gasteiger partial charge in [0.25, 0.3) is 0 Å². The second-order valence-corrected chi connectivity index (χ2v) is 8.68. The molecule has 0 atom stereocenters. The van der Waals surface area contributed by atoms with E-state index in [0.29, 0.717) is 18.4 Å². The zero-order valence-corrected chi connectivity index (χ0v) is 19.2. The average molecular weight is 441 g/mol. The molecule has 0 aliphatic carbocycles. The molecule has 32 heavy (non-hydrogen) atoms. The summed E-state index contributed by atoms with van der Waals surface area (Å²) in [4.78, 5) is 11.6. The molecule has 0 spiro atoms. The highest BCUT2D eigenvalue weighted by molar-refractivity contribution is 5.40. The van der Waals surface area contributed by atoms with Crippen LogP contribution in [0.5, 0.6) is 11.5 Å². The minimum Gasteiger partial charge on any atom is -0.491 e. The zero-order valence-electron chi connectivity index (χ0n) is 19.2. The predicted octanol–water partition coefficient (Wildman–Crippen LogP) is 3.21. The molecule has 4 heterocycles. The Morgan fingerprint density at radius 3 is 2.75 bits per heavy atom. The quantitative estimate of drug-likeness (QED) is 0.538.